The first-order valence-corrected chi connectivity index (χ1v) is 26.3. The third-order valence-electron chi connectivity index (χ3n) is 11.3. The van der Waals surface area contributed by atoms with Crippen LogP contribution >= 0.6 is 0 Å². The van der Waals surface area contributed by atoms with Crippen molar-refractivity contribution in [3.63, 3.8) is 0 Å². The number of carbonyl (C=O) groups is 3. The monoisotopic (exact) mass is 867 g/mol. The Balaban J connectivity index is 4.31. The normalized spacial score (nSPS) is 12.5. The summed E-state index contributed by atoms with van der Waals surface area (Å²) in [5, 5.41) is 0. The molecule has 0 rings (SSSR count). The maximum absolute atomic E-state index is 12.8. The molecule has 0 N–H and O–H groups in total. The van der Waals surface area contributed by atoms with Gasteiger partial charge in [-0.1, -0.05) is 216 Å². The molecular formula is C56H98O6. The zero-order chi connectivity index (χ0) is 45.1. The Bertz CT molecular complexity index is 1130. The van der Waals surface area contributed by atoms with Crippen molar-refractivity contribution in [1.82, 2.24) is 0 Å². The summed E-state index contributed by atoms with van der Waals surface area (Å²) in [4.78, 5) is 37.9. The fourth-order valence-electron chi connectivity index (χ4n) is 7.31. The fraction of sp³-hybridized carbons (Fsp3) is 0.768. The van der Waals surface area contributed by atoms with Crippen LogP contribution in [-0.2, 0) is 28.6 Å². The van der Waals surface area contributed by atoms with E-state index in [9.17, 15) is 14.4 Å². The van der Waals surface area contributed by atoms with Gasteiger partial charge in [0.05, 0.1) is 0 Å². The van der Waals surface area contributed by atoms with Gasteiger partial charge in [-0.15, -0.1) is 0 Å². The first-order chi connectivity index (χ1) is 30.5. The molecule has 0 bridgehead atoms. The Morgan fingerprint density at radius 3 is 1.02 bits per heavy atom. The number of rotatable bonds is 47. The van der Waals surface area contributed by atoms with Crippen LogP contribution < -0.4 is 0 Å². The highest BCUT2D eigenvalue weighted by molar-refractivity contribution is 5.71. The minimum Gasteiger partial charge on any atom is -0.462 e. The van der Waals surface area contributed by atoms with Gasteiger partial charge in [0.2, 0.25) is 0 Å². The van der Waals surface area contributed by atoms with Crippen LogP contribution in [0.4, 0.5) is 0 Å². The van der Waals surface area contributed by atoms with E-state index in [0.717, 1.165) is 103 Å². The number of hydrogen-bond acceptors (Lipinski definition) is 6. The van der Waals surface area contributed by atoms with E-state index in [2.05, 4.69) is 81.5 Å². The summed E-state index contributed by atoms with van der Waals surface area (Å²) in [6.07, 6.45) is 62.0. The molecule has 0 saturated heterocycles. The molecule has 1 unspecified atom stereocenters. The van der Waals surface area contributed by atoms with Crippen molar-refractivity contribution in [1.29, 1.82) is 0 Å². The molecule has 1 atom stereocenters. The molecule has 6 heteroatoms. The molecule has 0 aliphatic heterocycles. The Hall–Kier alpha value is -2.89. The maximum Gasteiger partial charge on any atom is 0.306 e. The van der Waals surface area contributed by atoms with E-state index in [0.29, 0.717) is 19.3 Å². The number of carbonyl (C=O) groups excluding carboxylic acids is 3. The molecule has 0 aromatic carbocycles. The van der Waals surface area contributed by atoms with Gasteiger partial charge < -0.3 is 14.2 Å². The minimum atomic E-state index is -0.778. The topological polar surface area (TPSA) is 78.9 Å². The van der Waals surface area contributed by atoms with Crippen molar-refractivity contribution in [2.45, 2.75) is 264 Å². The second-order valence-electron chi connectivity index (χ2n) is 17.4. The van der Waals surface area contributed by atoms with E-state index in [1.807, 2.05) is 0 Å². The van der Waals surface area contributed by atoms with Gasteiger partial charge in [-0.2, -0.15) is 0 Å². The lowest BCUT2D eigenvalue weighted by atomic mass is 10.1. The van der Waals surface area contributed by atoms with Gasteiger partial charge in [-0.05, 0) is 83.5 Å². The van der Waals surface area contributed by atoms with Crippen molar-refractivity contribution < 1.29 is 28.6 Å². The van der Waals surface area contributed by atoms with Crippen molar-refractivity contribution in [3.05, 3.63) is 60.8 Å². The summed E-state index contributed by atoms with van der Waals surface area (Å²) in [6.45, 7) is 6.49. The average molecular weight is 867 g/mol. The van der Waals surface area contributed by atoms with Gasteiger partial charge in [0.25, 0.3) is 0 Å². The largest absolute Gasteiger partial charge is 0.462 e. The highest BCUT2D eigenvalue weighted by Crippen LogP contribution is 2.15. The quantitative estimate of drug-likeness (QED) is 0.0262. The Kier molecular flexibility index (Phi) is 48.4. The summed E-state index contributed by atoms with van der Waals surface area (Å²) in [7, 11) is 0. The second-order valence-corrected chi connectivity index (χ2v) is 17.4. The predicted octanol–water partition coefficient (Wildman–Crippen LogP) is 17.3. The third-order valence-corrected chi connectivity index (χ3v) is 11.3. The summed E-state index contributed by atoms with van der Waals surface area (Å²) < 4.78 is 16.8. The lowest BCUT2D eigenvalue weighted by Gasteiger charge is -2.18. The van der Waals surface area contributed by atoms with Crippen LogP contribution in [0.15, 0.2) is 60.8 Å². The molecule has 0 radical (unpaired) electrons. The molecule has 0 spiro atoms. The summed E-state index contributed by atoms with van der Waals surface area (Å²) in [5.41, 5.74) is 0. The number of unbranched alkanes of at least 4 members (excludes halogenated alkanes) is 26. The molecule has 62 heavy (non-hydrogen) atoms. The second kappa shape index (κ2) is 50.8. The molecule has 0 amide bonds. The van der Waals surface area contributed by atoms with Crippen LogP contribution in [0.1, 0.15) is 258 Å². The molecule has 358 valence electrons. The van der Waals surface area contributed by atoms with Gasteiger partial charge >= 0.3 is 17.9 Å². The molecule has 0 heterocycles. The summed E-state index contributed by atoms with van der Waals surface area (Å²) in [6, 6.07) is 0. The Morgan fingerprint density at radius 1 is 0.339 bits per heavy atom. The van der Waals surface area contributed by atoms with Crippen LogP contribution in [0.25, 0.3) is 0 Å². The number of allylic oxidation sites excluding steroid dienone is 10. The van der Waals surface area contributed by atoms with Crippen molar-refractivity contribution in [3.8, 4) is 0 Å². The number of ether oxygens (including phenoxy) is 3. The molecule has 0 fully saturated rings. The number of esters is 3. The SMILES string of the molecule is CC/C=C\C/C=C\C/C=C\C/C=C\CCCCCCCCCCC(=O)OCC(COC(=O)CCCCCCCCCCCC)OC(=O)CCCCCCC/C=C\CCCCCC. The highest BCUT2D eigenvalue weighted by Gasteiger charge is 2.19. The first kappa shape index (κ1) is 59.1. The van der Waals surface area contributed by atoms with E-state index < -0.39 is 6.10 Å². The van der Waals surface area contributed by atoms with Crippen LogP contribution in [0.3, 0.4) is 0 Å². The smallest absolute Gasteiger partial charge is 0.306 e. The van der Waals surface area contributed by atoms with Gasteiger partial charge in [0.1, 0.15) is 13.2 Å². The van der Waals surface area contributed by atoms with Crippen molar-refractivity contribution in [2.75, 3.05) is 13.2 Å². The van der Waals surface area contributed by atoms with E-state index >= 15 is 0 Å². The summed E-state index contributed by atoms with van der Waals surface area (Å²) >= 11 is 0. The molecule has 0 aromatic heterocycles. The van der Waals surface area contributed by atoms with Crippen LogP contribution in [0.5, 0.6) is 0 Å². The average Bonchev–Trinajstić information content (AvgIpc) is 3.27. The van der Waals surface area contributed by atoms with Crippen LogP contribution in [-0.4, -0.2) is 37.2 Å². The minimum absolute atomic E-state index is 0.0782. The van der Waals surface area contributed by atoms with E-state index in [1.54, 1.807) is 0 Å². The fourth-order valence-corrected chi connectivity index (χ4v) is 7.31. The first-order valence-electron chi connectivity index (χ1n) is 26.3. The third kappa shape index (κ3) is 48.1. The lowest BCUT2D eigenvalue weighted by molar-refractivity contribution is -0.167. The predicted molar refractivity (Wildman–Crippen MR) is 265 cm³/mol. The van der Waals surface area contributed by atoms with Gasteiger partial charge in [-0.3, -0.25) is 14.4 Å². The molecule has 0 aliphatic rings. The van der Waals surface area contributed by atoms with Crippen LogP contribution in [0.2, 0.25) is 0 Å². The molecule has 0 aromatic rings. The van der Waals surface area contributed by atoms with Gasteiger partial charge in [0, 0.05) is 19.3 Å². The molecule has 0 aliphatic carbocycles. The zero-order valence-corrected chi connectivity index (χ0v) is 40.9. The van der Waals surface area contributed by atoms with Gasteiger partial charge in [0.15, 0.2) is 6.10 Å². The Labute approximate surface area is 383 Å². The molecule has 0 saturated carbocycles. The standard InChI is InChI=1S/C56H98O6/c1-4-7-10-13-16-19-22-24-25-26-27-28-29-30-31-33-34-37-40-43-46-49-55(58)61-52-53(51-60-54(57)48-45-42-39-36-21-18-15-12-9-6-3)62-56(59)50-47-44-41-38-35-32-23-20-17-14-11-8-5-2/h7,10,16,19-20,23-25,27-28,53H,4-6,8-9,11-15,17-18,21-22,26,29-52H2,1-3H3/b10-7-,19-16-,23-20-,25-24-,28-27-. The van der Waals surface area contributed by atoms with Crippen molar-refractivity contribution >= 4 is 17.9 Å². The van der Waals surface area contributed by atoms with E-state index in [-0.39, 0.29) is 31.1 Å². The van der Waals surface area contributed by atoms with Crippen molar-refractivity contribution in [2.24, 2.45) is 0 Å². The molecule has 6 nitrogen and oxygen atoms in total. The maximum atomic E-state index is 12.8. The van der Waals surface area contributed by atoms with Gasteiger partial charge in [-0.25, -0.2) is 0 Å². The Morgan fingerprint density at radius 2 is 0.629 bits per heavy atom. The number of hydrogen-bond donors (Lipinski definition) is 0. The summed E-state index contributed by atoms with van der Waals surface area (Å²) in [5.74, 6) is -0.892. The highest BCUT2D eigenvalue weighted by atomic mass is 16.6. The molecular weight excluding hydrogens is 769 g/mol. The van der Waals surface area contributed by atoms with E-state index in [1.165, 1.54) is 116 Å². The lowest BCUT2D eigenvalue weighted by Crippen LogP contribution is -2.30. The zero-order valence-electron chi connectivity index (χ0n) is 40.9. The van der Waals surface area contributed by atoms with E-state index in [4.69, 9.17) is 14.2 Å². The van der Waals surface area contributed by atoms with Crippen LogP contribution in [0, 0.1) is 0 Å².